The van der Waals surface area contributed by atoms with Crippen molar-refractivity contribution in [3.8, 4) is 0 Å². The van der Waals surface area contributed by atoms with Crippen LogP contribution in [0.3, 0.4) is 0 Å². The van der Waals surface area contributed by atoms with E-state index in [0.717, 1.165) is 38.6 Å². The molecule has 1 saturated heterocycles. The Labute approximate surface area is 126 Å². The maximum absolute atomic E-state index is 4.58. The summed E-state index contributed by atoms with van der Waals surface area (Å²) in [7, 11) is 0. The van der Waals surface area contributed by atoms with Gasteiger partial charge >= 0.3 is 0 Å². The van der Waals surface area contributed by atoms with Crippen molar-refractivity contribution in [2.75, 3.05) is 31.1 Å². The number of nitrogens with one attached hydrogen (secondary N) is 2. The minimum absolute atomic E-state index is 0.542. The van der Waals surface area contributed by atoms with E-state index in [4.69, 9.17) is 0 Å². The van der Waals surface area contributed by atoms with Crippen LogP contribution in [0, 0.1) is 0 Å². The highest BCUT2D eigenvalue weighted by molar-refractivity contribution is 7.14. The molecule has 0 unspecified atom stereocenters. The van der Waals surface area contributed by atoms with E-state index in [2.05, 4.69) is 51.9 Å². The normalized spacial score (nSPS) is 17.3. The SMILES string of the molecule is CCCN=C(NCC)NC1CCN(c2cccs2)CC1. The van der Waals surface area contributed by atoms with Crippen LogP contribution in [0.15, 0.2) is 22.5 Å². The summed E-state index contributed by atoms with van der Waals surface area (Å²) < 4.78 is 0. The van der Waals surface area contributed by atoms with Crippen LogP contribution in [0.5, 0.6) is 0 Å². The average Bonchev–Trinajstić information content (AvgIpc) is 3.00. The smallest absolute Gasteiger partial charge is 0.191 e. The second-order valence-corrected chi connectivity index (χ2v) is 6.04. The Morgan fingerprint density at radius 2 is 2.20 bits per heavy atom. The van der Waals surface area contributed by atoms with E-state index in [0.29, 0.717) is 6.04 Å². The molecule has 20 heavy (non-hydrogen) atoms. The van der Waals surface area contributed by atoms with E-state index in [-0.39, 0.29) is 0 Å². The molecular formula is C15H26N4S. The standard InChI is InChI=1S/C15H26N4S/c1-3-9-17-15(16-4-2)18-13-7-10-19(11-8-13)14-6-5-12-20-14/h5-6,12-13H,3-4,7-11H2,1-2H3,(H2,16,17,18). The predicted molar refractivity (Wildman–Crippen MR) is 89.0 cm³/mol. The summed E-state index contributed by atoms with van der Waals surface area (Å²) in [6.07, 6.45) is 3.44. The van der Waals surface area contributed by atoms with Crippen LogP contribution in [-0.4, -0.2) is 38.2 Å². The third-order valence-electron chi connectivity index (χ3n) is 3.49. The fraction of sp³-hybridized carbons (Fsp3) is 0.667. The van der Waals surface area contributed by atoms with Crippen molar-refractivity contribution in [2.45, 2.75) is 39.2 Å². The fourth-order valence-corrected chi connectivity index (χ4v) is 3.22. The van der Waals surface area contributed by atoms with Crippen LogP contribution in [0.1, 0.15) is 33.1 Å². The number of rotatable bonds is 5. The molecule has 0 atom stereocenters. The number of aliphatic imine (C=N–C) groups is 1. The maximum Gasteiger partial charge on any atom is 0.191 e. The van der Waals surface area contributed by atoms with Gasteiger partial charge in [-0.05, 0) is 43.7 Å². The molecule has 1 aromatic heterocycles. The maximum atomic E-state index is 4.58. The summed E-state index contributed by atoms with van der Waals surface area (Å²) >= 11 is 1.83. The minimum Gasteiger partial charge on any atom is -0.363 e. The number of piperidine rings is 1. The number of nitrogens with zero attached hydrogens (tertiary/aromatic N) is 2. The highest BCUT2D eigenvalue weighted by Crippen LogP contribution is 2.24. The van der Waals surface area contributed by atoms with Crippen LogP contribution in [-0.2, 0) is 0 Å². The quantitative estimate of drug-likeness (QED) is 0.648. The molecule has 1 aliphatic heterocycles. The van der Waals surface area contributed by atoms with Crippen LogP contribution >= 0.6 is 11.3 Å². The monoisotopic (exact) mass is 294 g/mol. The van der Waals surface area contributed by atoms with Crippen molar-refractivity contribution in [2.24, 2.45) is 4.99 Å². The van der Waals surface area contributed by atoms with Crippen molar-refractivity contribution >= 4 is 22.3 Å². The molecule has 1 aliphatic rings. The van der Waals surface area contributed by atoms with Gasteiger partial charge < -0.3 is 15.5 Å². The third-order valence-corrected chi connectivity index (χ3v) is 4.42. The number of hydrogen-bond acceptors (Lipinski definition) is 3. The molecule has 1 aromatic rings. The lowest BCUT2D eigenvalue weighted by molar-refractivity contribution is 0.463. The molecule has 2 heterocycles. The van der Waals surface area contributed by atoms with Crippen LogP contribution in [0.25, 0.3) is 0 Å². The van der Waals surface area contributed by atoms with E-state index in [1.165, 1.54) is 17.8 Å². The van der Waals surface area contributed by atoms with E-state index in [9.17, 15) is 0 Å². The topological polar surface area (TPSA) is 39.7 Å². The molecule has 0 amide bonds. The molecular weight excluding hydrogens is 268 g/mol. The Morgan fingerprint density at radius 1 is 1.40 bits per heavy atom. The van der Waals surface area contributed by atoms with Gasteiger partial charge in [0.1, 0.15) is 0 Å². The second kappa shape index (κ2) is 8.15. The summed E-state index contributed by atoms with van der Waals surface area (Å²) in [6, 6.07) is 4.89. The second-order valence-electron chi connectivity index (χ2n) is 5.12. The molecule has 2 rings (SSSR count). The van der Waals surface area contributed by atoms with Gasteiger partial charge in [0.25, 0.3) is 0 Å². The molecule has 0 aliphatic carbocycles. The van der Waals surface area contributed by atoms with Gasteiger partial charge in [-0.15, -0.1) is 11.3 Å². The first-order chi connectivity index (χ1) is 9.83. The van der Waals surface area contributed by atoms with Crippen LogP contribution in [0.2, 0.25) is 0 Å². The van der Waals surface area contributed by atoms with Gasteiger partial charge in [0.15, 0.2) is 5.96 Å². The first-order valence-electron chi connectivity index (χ1n) is 7.66. The van der Waals surface area contributed by atoms with Crippen molar-refractivity contribution in [3.63, 3.8) is 0 Å². The van der Waals surface area contributed by atoms with E-state index in [1.54, 1.807) is 0 Å². The first-order valence-corrected chi connectivity index (χ1v) is 8.54. The van der Waals surface area contributed by atoms with Crippen LogP contribution in [0.4, 0.5) is 5.00 Å². The molecule has 0 radical (unpaired) electrons. The summed E-state index contributed by atoms with van der Waals surface area (Å²) in [5, 5.41) is 10.5. The van der Waals surface area contributed by atoms with Gasteiger partial charge in [-0.3, -0.25) is 4.99 Å². The number of guanidine groups is 1. The lowest BCUT2D eigenvalue weighted by Crippen LogP contribution is -2.48. The Bertz CT molecular complexity index is 394. The zero-order chi connectivity index (χ0) is 14.2. The van der Waals surface area contributed by atoms with E-state index in [1.807, 2.05) is 11.3 Å². The van der Waals surface area contributed by atoms with Gasteiger partial charge in [0.2, 0.25) is 0 Å². The third kappa shape index (κ3) is 4.40. The van der Waals surface area contributed by atoms with Gasteiger partial charge in [0, 0.05) is 32.2 Å². The summed E-state index contributed by atoms with van der Waals surface area (Å²) in [5.74, 6) is 0.976. The lowest BCUT2D eigenvalue weighted by Gasteiger charge is -2.33. The predicted octanol–water partition coefficient (Wildman–Crippen LogP) is 2.68. The number of thiophene rings is 1. The van der Waals surface area contributed by atoms with Gasteiger partial charge in [-0.2, -0.15) is 0 Å². The molecule has 0 bridgehead atoms. The van der Waals surface area contributed by atoms with Crippen molar-refractivity contribution in [1.29, 1.82) is 0 Å². The highest BCUT2D eigenvalue weighted by atomic mass is 32.1. The van der Waals surface area contributed by atoms with Gasteiger partial charge in [-0.25, -0.2) is 0 Å². The molecule has 0 aromatic carbocycles. The molecule has 112 valence electrons. The average molecular weight is 294 g/mol. The van der Waals surface area contributed by atoms with Crippen molar-refractivity contribution < 1.29 is 0 Å². The van der Waals surface area contributed by atoms with Gasteiger partial charge in [0.05, 0.1) is 5.00 Å². The first kappa shape index (κ1) is 15.2. The molecule has 4 nitrogen and oxygen atoms in total. The van der Waals surface area contributed by atoms with E-state index < -0.39 is 0 Å². The summed E-state index contributed by atoms with van der Waals surface area (Å²) in [5.41, 5.74) is 0. The molecule has 5 heteroatoms. The highest BCUT2D eigenvalue weighted by Gasteiger charge is 2.20. The Balaban J connectivity index is 1.80. The van der Waals surface area contributed by atoms with Crippen LogP contribution < -0.4 is 15.5 Å². The zero-order valence-electron chi connectivity index (χ0n) is 12.6. The number of hydrogen-bond donors (Lipinski definition) is 2. The molecule has 2 N–H and O–H groups in total. The number of anilines is 1. The summed E-state index contributed by atoms with van der Waals surface area (Å²) in [6.45, 7) is 8.35. The Hall–Kier alpha value is -1.23. The Kier molecular flexibility index (Phi) is 6.18. The fourth-order valence-electron chi connectivity index (χ4n) is 2.43. The van der Waals surface area contributed by atoms with Crippen molar-refractivity contribution in [1.82, 2.24) is 10.6 Å². The van der Waals surface area contributed by atoms with Gasteiger partial charge in [-0.1, -0.05) is 6.92 Å². The minimum atomic E-state index is 0.542. The molecule has 1 fully saturated rings. The van der Waals surface area contributed by atoms with E-state index >= 15 is 0 Å². The zero-order valence-corrected chi connectivity index (χ0v) is 13.4. The largest absolute Gasteiger partial charge is 0.363 e. The molecule has 0 saturated carbocycles. The Morgan fingerprint density at radius 3 is 2.80 bits per heavy atom. The van der Waals surface area contributed by atoms with Crippen molar-refractivity contribution in [3.05, 3.63) is 17.5 Å². The summed E-state index contributed by atoms with van der Waals surface area (Å²) in [4.78, 5) is 7.06. The lowest BCUT2D eigenvalue weighted by atomic mass is 10.1. The molecule has 0 spiro atoms.